The molecule has 7 heteroatoms. The lowest BCUT2D eigenvalue weighted by molar-refractivity contribution is -0.121. The van der Waals surface area contributed by atoms with Gasteiger partial charge in [0.2, 0.25) is 5.91 Å². The highest BCUT2D eigenvalue weighted by Crippen LogP contribution is 2.20. The van der Waals surface area contributed by atoms with Gasteiger partial charge in [-0.25, -0.2) is 4.98 Å². The quantitative estimate of drug-likeness (QED) is 0.882. The molecule has 1 fully saturated rings. The van der Waals surface area contributed by atoms with Crippen molar-refractivity contribution in [3.63, 3.8) is 0 Å². The van der Waals surface area contributed by atoms with Crippen molar-refractivity contribution < 1.29 is 9.59 Å². The fraction of sp³-hybridized carbons (Fsp3) is 0.400. The van der Waals surface area contributed by atoms with Crippen molar-refractivity contribution in [2.45, 2.75) is 38.1 Å². The van der Waals surface area contributed by atoms with Gasteiger partial charge in [-0.15, -0.1) is 22.7 Å². The van der Waals surface area contributed by atoms with Gasteiger partial charge in [0.15, 0.2) is 5.13 Å². The third-order valence-electron chi connectivity index (χ3n) is 3.58. The molecule has 0 radical (unpaired) electrons. The van der Waals surface area contributed by atoms with E-state index in [1.54, 1.807) is 6.07 Å². The van der Waals surface area contributed by atoms with E-state index >= 15 is 0 Å². The fourth-order valence-corrected chi connectivity index (χ4v) is 3.85. The van der Waals surface area contributed by atoms with Gasteiger partial charge in [-0.2, -0.15) is 0 Å². The third kappa shape index (κ3) is 3.92. The van der Waals surface area contributed by atoms with E-state index in [1.807, 2.05) is 16.8 Å². The normalized spacial score (nSPS) is 14.9. The van der Waals surface area contributed by atoms with Crippen LogP contribution in [0.15, 0.2) is 22.9 Å². The maximum Gasteiger partial charge on any atom is 0.267 e. The molecule has 3 rings (SSSR count). The van der Waals surface area contributed by atoms with E-state index in [-0.39, 0.29) is 18.2 Å². The summed E-state index contributed by atoms with van der Waals surface area (Å²) in [6.07, 6.45) is 4.80. The number of thiophene rings is 1. The Morgan fingerprint density at radius 2 is 2.09 bits per heavy atom. The lowest BCUT2D eigenvalue weighted by Gasteiger charge is -2.10. The number of hydrogen-bond acceptors (Lipinski definition) is 5. The first-order chi connectivity index (χ1) is 10.7. The van der Waals surface area contributed by atoms with Gasteiger partial charge in [0, 0.05) is 11.4 Å². The third-order valence-corrected chi connectivity index (χ3v) is 5.25. The van der Waals surface area contributed by atoms with Crippen molar-refractivity contribution in [3.05, 3.63) is 33.5 Å². The molecule has 0 spiro atoms. The van der Waals surface area contributed by atoms with E-state index in [4.69, 9.17) is 0 Å². The van der Waals surface area contributed by atoms with Gasteiger partial charge in [-0.1, -0.05) is 18.9 Å². The number of thiazole rings is 1. The highest BCUT2D eigenvalue weighted by Gasteiger charge is 2.18. The summed E-state index contributed by atoms with van der Waals surface area (Å²) in [6, 6.07) is 3.92. The number of nitrogens with one attached hydrogen (secondary N) is 2. The van der Waals surface area contributed by atoms with Crippen LogP contribution in [-0.4, -0.2) is 22.8 Å². The Labute approximate surface area is 136 Å². The van der Waals surface area contributed by atoms with Crippen LogP contribution in [0, 0.1) is 0 Å². The molecule has 2 aromatic heterocycles. The Morgan fingerprint density at radius 1 is 1.27 bits per heavy atom. The zero-order valence-electron chi connectivity index (χ0n) is 12.0. The minimum Gasteiger partial charge on any atom is -0.353 e. The predicted octanol–water partition coefficient (Wildman–Crippen LogP) is 3.06. The molecule has 1 aliphatic carbocycles. The molecule has 116 valence electrons. The van der Waals surface area contributed by atoms with Gasteiger partial charge in [0.25, 0.3) is 5.91 Å². The van der Waals surface area contributed by atoms with E-state index in [2.05, 4.69) is 15.6 Å². The van der Waals surface area contributed by atoms with Gasteiger partial charge in [-0.05, 0) is 24.3 Å². The second-order valence-corrected chi connectivity index (χ2v) is 7.11. The largest absolute Gasteiger partial charge is 0.353 e. The van der Waals surface area contributed by atoms with Crippen LogP contribution in [0.5, 0.6) is 0 Å². The van der Waals surface area contributed by atoms with Gasteiger partial charge >= 0.3 is 0 Å². The van der Waals surface area contributed by atoms with Crippen LogP contribution in [0.25, 0.3) is 0 Å². The van der Waals surface area contributed by atoms with E-state index in [9.17, 15) is 9.59 Å². The second kappa shape index (κ2) is 7.02. The van der Waals surface area contributed by atoms with Gasteiger partial charge in [0.05, 0.1) is 17.0 Å². The summed E-state index contributed by atoms with van der Waals surface area (Å²) in [7, 11) is 0. The molecule has 1 aliphatic rings. The van der Waals surface area contributed by atoms with Crippen LogP contribution in [0.2, 0.25) is 0 Å². The summed E-state index contributed by atoms with van der Waals surface area (Å²) in [5.74, 6) is -0.153. The molecule has 0 saturated heterocycles. The molecular formula is C15H17N3O2S2. The molecule has 5 nitrogen and oxygen atoms in total. The summed E-state index contributed by atoms with van der Waals surface area (Å²) < 4.78 is 0. The maximum absolute atomic E-state index is 12.0. The number of carbonyl (C=O) groups excluding carboxylic acids is 2. The molecule has 22 heavy (non-hydrogen) atoms. The van der Waals surface area contributed by atoms with Crippen LogP contribution in [-0.2, 0) is 11.2 Å². The first-order valence-corrected chi connectivity index (χ1v) is 9.05. The molecule has 2 heterocycles. The lowest BCUT2D eigenvalue weighted by Crippen LogP contribution is -2.33. The summed E-state index contributed by atoms with van der Waals surface area (Å²) in [6.45, 7) is 0. The number of amides is 2. The minimum absolute atomic E-state index is 0.00772. The van der Waals surface area contributed by atoms with Crippen molar-refractivity contribution in [1.82, 2.24) is 10.3 Å². The number of anilines is 1. The highest BCUT2D eigenvalue weighted by atomic mass is 32.1. The molecular weight excluding hydrogens is 318 g/mol. The number of rotatable bonds is 5. The summed E-state index contributed by atoms with van der Waals surface area (Å²) >= 11 is 2.73. The SMILES string of the molecule is O=C(Cc1csc(NC(=O)c2cccs2)n1)NC1CCCC1. The number of carbonyl (C=O) groups is 2. The Kier molecular flexibility index (Phi) is 4.84. The molecule has 2 N–H and O–H groups in total. The second-order valence-electron chi connectivity index (χ2n) is 5.30. The average Bonchev–Trinajstić information content (AvgIpc) is 3.20. The lowest BCUT2D eigenvalue weighted by atomic mass is 10.2. The minimum atomic E-state index is -0.161. The zero-order valence-corrected chi connectivity index (χ0v) is 13.6. The molecule has 0 bridgehead atoms. The first-order valence-electron chi connectivity index (χ1n) is 7.29. The summed E-state index contributed by atoms with van der Waals surface area (Å²) in [5.41, 5.74) is 0.696. The van der Waals surface area contributed by atoms with E-state index < -0.39 is 0 Å². The number of nitrogens with zero attached hydrogens (tertiary/aromatic N) is 1. The summed E-state index contributed by atoms with van der Waals surface area (Å²) in [4.78, 5) is 28.8. The Balaban J connectivity index is 1.52. The van der Waals surface area contributed by atoms with E-state index in [0.29, 0.717) is 21.7 Å². The number of hydrogen-bond donors (Lipinski definition) is 2. The Morgan fingerprint density at radius 3 is 2.82 bits per heavy atom. The average molecular weight is 335 g/mol. The van der Waals surface area contributed by atoms with Crippen LogP contribution in [0.3, 0.4) is 0 Å². The summed E-state index contributed by atoms with van der Waals surface area (Å²) in [5, 5.41) is 10.0. The molecule has 0 aliphatic heterocycles. The molecule has 0 atom stereocenters. The topological polar surface area (TPSA) is 71.1 Å². The van der Waals surface area contributed by atoms with Crippen molar-refractivity contribution in [1.29, 1.82) is 0 Å². The Hall–Kier alpha value is -1.73. The smallest absolute Gasteiger partial charge is 0.267 e. The van der Waals surface area contributed by atoms with Crippen molar-refractivity contribution >= 4 is 39.6 Å². The van der Waals surface area contributed by atoms with Crippen molar-refractivity contribution in [2.24, 2.45) is 0 Å². The molecule has 1 saturated carbocycles. The predicted molar refractivity (Wildman–Crippen MR) is 88.5 cm³/mol. The molecule has 0 aromatic carbocycles. The standard InChI is InChI=1S/C15H17N3O2S2/c19-13(16-10-4-1-2-5-10)8-11-9-22-15(17-11)18-14(20)12-6-3-7-21-12/h3,6-7,9-10H,1-2,4-5,8H2,(H,16,19)(H,17,18,20). The van der Waals surface area contributed by atoms with E-state index in [1.165, 1.54) is 35.5 Å². The van der Waals surface area contributed by atoms with Crippen LogP contribution in [0.1, 0.15) is 41.0 Å². The number of aromatic nitrogens is 1. The monoisotopic (exact) mass is 335 g/mol. The van der Waals surface area contributed by atoms with Crippen LogP contribution < -0.4 is 10.6 Å². The maximum atomic E-state index is 12.0. The van der Waals surface area contributed by atoms with Gasteiger partial charge < -0.3 is 5.32 Å². The molecule has 2 amide bonds. The van der Waals surface area contributed by atoms with Crippen LogP contribution >= 0.6 is 22.7 Å². The molecule has 2 aromatic rings. The van der Waals surface area contributed by atoms with Gasteiger partial charge in [0.1, 0.15) is 0 Å². The highest BCUT2D eigenvalue weighted by molar-refractivity contribution is 7.14. The van der Waals surface area contributed by atoms with Gasteiger partial charge in [-0.3, -0.25) is 14.9 Å². The first kappa shape index (κ1) is 15.2. The Bertz CT molecular complexity index is 646. The van der Waals surface area contributed by atoms with Crippen molar-refractivity contribution in [3.8, 4) is 0 Å². The van der Waals surface area contributed by atoms with Crippen molar-refractivity contribution in [2.75, 3.05) is 5.32 Å². The zero-order chi connectivity index (χ0) is 15.4. The fourth-order valence-electron chi connectivity index (χ4n) is 2.53. The van der Waals surface area contributed by atoms with E-state index in [0.717, 1.165) is 12.8 Å². The van der Waals surface area contributed by atoms with Crippen LogP contribution in [0.4, 0.5) is 5.13 Å². The molecule has 0 unspecified atom stereocenters.